The van der Waals surface area contributed by atoms with E-state index in [1.54, 1.807) is 7.11 Å². The van der Waals surface area contributed by atoms with Gasteiger partial charge in [0.25, 0.3) is 5.91 Å². The summed E-state index contributed by atoms with van der Waals surface area (Å²) in [6.07, 6.45) is 2.35. The summed E-state index contributed by atoms with van der Waals surface area (Å²) in [5.74, 6) is 0.0326. The average molecular weight is 507 g/mol. The van der Waals surface area contributed by atoms with Crippen molar-refractivity contribution >= 4 is 17.2 Å². The zero-order valence-corrected chi connectivity index (χ0v) is 20.4. The smallest absolute Gasteiger partial charge is 0.271 e. The lowest BCUT2D eigenvalue weighted by atomic mass is 10.1. The molecule has 1 saturated carbocycles. The summed E-state index contributed by atoms with van der Waals surface area (Å²) in [5, 5.41) is 3.36. The van der Waals surface area contributed by atoms with Crippen LogP contribution < -0.4 is 14.8 Å². The van der Waals surface area contributed by atoms with Gasteiger partial charge in [-0.1, -0.05) is 36.4 Å². The molecule has 0 bridgehead atoms. The first-order chi connectivity index (χ1) is 17.5. The van der Waals surface area contributed by atoms with Gasteiger partial charge < -0.3 is 14.8 Å². The lowest BCUT2D eigenvalue weighted by Gasteiger charge is -2.11. The summed E-state index contributed by atoms with van der Waals surface area (Å²) >= 11 is 1.39. The van der Waals surface area contributed by atoms with Gasteiger partial charge in [0.2, 0.25) is 0 Å². The van der Waals surface area contributed by atoms with E-state index in [0.717, 1.165) is 23.3 Å². The van der Waals surface area contributed by atoms with E-state index in [2.05, 4.69) is 10.3 Å². The van der Waals surface area contributed by atoms with Gasteiger partial charge in [0.1, 0.15) is 22.3 Å². The Labute approximate surface area is 211 Å². The number of hydrogen-bond acceptors (Lipinski definition) is 5. The van der Waals surface area contributed by atoms with E-state index in [9.17, 15) is 13.6 Å². The molecule has 0 radical (unpaired) electrons. The maximum absolute atomic E-state index is 14.1. The molecule has 1 aliphatic rings. The quantitative estimate of drug-likeness (QED) is 0.282. The number of ether oxygens (including phenoxy) is 2. The summed E-state index contributed by atoms with van der Waals surface area (Å²) < 4.78 is 38.7. The van der Waals surface area contributed by atoms with Gasteiger partial charge in [-0.05, 0) is 48.6 Å². The molecule has 1 aromatic heterocycles. The monoisotopic (exact) mass is 506 g/mol. The number of hydrogen-bond donors (Lipinski definition) is 1. The summed E-state index contributed by atoms with van der Waals surface area (Å²) in [6.45, 7) is 0.550. The number of carbonyl (C=O) groups excluding carboxylic acids is 1. The van der Waals surface area contributed by atoms with Crippen molar-refractivity contribution in [1.29, 1.82) is 0 Å². The van der Waals surface area contributed by atoms with Crippen LogP contribution in [0.1, 0.15) is 28.9 Å². The van der Waals surface area contributed by atoms with Crippen molar-refractivity contribution < 1.29 is 23.0 Å². The van der Waals surface area contributed by atoms with Crippen LogP contribution in [0, 0.1) is 17.6 Å². The minimum atomic E-state index is -0.713. The predicted octanol–water partition coefficient (Wildman–Crippen LogP) is 6.48. The Bertz CT molecular complexity index is 1390. The Morgan fingerprint density at radius 2 is 1.83 bits per heavy atom. The molecule has 0 aliphatic heterocycles. The van der Waals surface area contributed by atoms with Gasteiger partial charge in [-0.15, -0.1) is 11.3 Å². The molecular weight excluding hydrogens is 482 g/mol. The number of aromatic nitrogens is 1. The van der Waals surface area contributed by atoms with Crippen molar-refractivity contribution in [3.05, 3.63) is 89.6 Å². The number of nitrogens with zero attached hydrogens (tertiary/aromatic N) is 1. The predicted molar refractivity (Wildman–Crippen MR) is 135 cm³/mol. The van der Waals surface area contributed by atoms with Crippen molar-refractivity contribution in [2.24, 2.45) is 5.92 Å². The molecule has 5 rings (SSSR count). The maximum atomic E-state index is 14.1. The lowest BCUT2D eigenvalue weighted by molar-refractivity contribution is 0.0947. The first-order valence-corrected chi connectivity index (χ1v) is 12.4. The van der Waals surface area contributed by atoms with Gasteiger partial charge in [-0.25, -0.2) is 13.8 Å². The van der Waals surface area contributed by atoms with E-state index in [1.807, 2.05) is 48.5 Å². The van der Waals surface area contributed by atoms with Gasteiger partial charge in [-0.3, -0.25) is 4.79 Å². The zero-order valence-electron chi connectivity index (χ0n) is 19.6. The molecule has 36 heavy (non-hydrogen) atoms. The molecule has 1 fully saturated rings. The molecular formula is C28H24F2N2O3S. The first kappa shape index (κ1) is 23.9. The molecule has 184 valence electrons. The fourth-order valence-electron chi connectivity index (χ4n) is 3.72. The highest BCUT2D eigenvalue weighted by atomic mass is 32.1. The van der Waals surface area contributed by atoms with Gasteiger partial charge >= 0.3 is 0 Å². The molecule has 5 nitrogen and oxygen atoms in total. The van der Waals surface area contributed by atoms with Crippen molar-refractivity contribution in [2.45, 2.75) is 19.4 Å². The van der Waals surface area contributed by atoms with E-state index in [0.29, 0.717) is 33.9 Å². The average Bonchev–Trinajstić information content (AvgIpc) is 3.62. The molecule has 8 heteroatoms. The minimum absolute atomic E-state index is 0.0896. The van der Waals surface area contributed by atoms with Crippen LogP contribution in [-0.2, 0) is 6.54 Å². The molecule has 1 heterocycles. The van der Waals surface area contributed by atoms with Crippen LogP contribution in [0.5, 0.6) is 11.5 Å². The Kier molecular flexibility index (Phi) is 6.95. The fourth-order valence-corrected chi connectivity index (χ4v) is 4.79. The SMILES string of the molecule is COc1ccc(-c2nc(C(=O)NCc3ccc(F)cc3F)c(-c3ccccc3)s2)cc1OCC1CC1. The number of rotatable bonds is 9. The second kappa shape index (κ2) is 10.5. The third kappa shape index (κ3) is 5.39. The van der Waals surface area contributed by atoms with E-state index in [1.165, 1.54) is 30.2 Å². The number of nitrogens with one attached hydrogen (secondary N) is 1. The third-order valence-electron chi connectivity index (χ3n) is 5.91. The number of halogens is 2. The zero-order chi connectivity index (χ0) is 25.1. The molecule has 0 saturated heterocycles. The molecule has 1 amide bonds. The summed E-state index contributed by atoms with van der Waals surface area (Å²) in [4.78, 5) is 18.5. The Morgan fingerprint density at radius 1 is 1.03 bits per heavy atom. The molecule has 3 aromatic carbocycles. The molecule has 0 atom stereocenters. The Hall–Kier alpha value is -3.78. The van der Waals surface area contributed by atoms with E-state index >= 15 is 0 Å². The topological polar surface area (TPSA) is 60.5 Å². The van der Waals surface area contributed by atoms with Crippen LogP contribution >= 0.6 is 11.3 Å². The largest absolute Gasteiger partial charge is 0.493 e. The highest BCUT2D eigenvalue weighted by Gasteiger charge is 2.24. The van der Waals surface area contributed by atoms with E-state index < -0.39 is 17.5 Å². The van der Waals surface area contributed by atoms with Gasteiger partial charge in [0, 0.05) is 23.7 Å². The second-order valence-electron chi connectivity index (χ2n) is 8.60. The van der Waals surface area contributed by atoms with Crippen molar-refractivity contribution in [1.82, 2.24) is 10.3 Å². The van der Waals surface area contributed by atoms with Gasteiger partial charge in [0.05, 0.1) is 18.6 Å². The first-order valence-electron chi connectivity index (χ1n) is 11.6. The number of methoxy groups -OCH3 is 1. The van der Waals surface area contributed by atoms with Crippen LogP contribution in [0.25, 0.3) is 21.0 Å². The second-order valence-corrected chi connectivity index (χ2v) is 9.60. The van der Waals surface area contributed by atoms with Crippen molar-refractivity contribution in [3.63, 3.8) is 0 Å². The highest BCUT2D eigenvalue weighted by Crippen LogP contribution is 2.39. The highest BCUT2D eigenvalue weighted by molar-refractivity contribution is 7.18. The van der Waals surface area contributed by atoms with Crippen LogP contribution in [-0.4, -0.2) is 24.6 Å². The maximum Gasteiger partial charge on any atom is 0.271 e. The van der Waals surface area contributed by atoms with Crippen molar-refractivity contribution in [2.75, 3.05) is 13.7 Å². The van der Waals surface area contributed by atoms with E-state index in [4.69, 9.17) is 9.47 Å². The normalized spacial score (nSPS) is 12.9. The summed E-state index contributed by atoms with van der Waals surface area (Å²) in [5.41, 5.74) is 2.07. The number of amides is 1. The van der Waals surface area contributed by atoms with E-state index in [-0.39, 0.29) is 17.8 Å². The van der Waals surface area contributed by atoms with Crippen LogP contribution in [0.3, 0.4) is 0 Å². The fraction of sp³-hybridized carbons (Fsp3) is 0.214. The third-order valence-corrected chi connectivity index (χ3v) is 7.07. The molecule has 0 spiro atoms. The molecule has 4 aromatic rings. The van der Waals surface area contributed by atoms with Crippen LogP contribution in [0.4, 0.5) is 8.78 Å². The minimum Gasteiger partial charge on any atom is -0.493 e. The molecule has 1 N–H and O–H groups in total. The van der Waals surface area contributed by atoms with Crippen LogP contribution in [0.15, 0.2) is 66.7 Å². The summed E-state index contributed by atoms with van der Waals surface area (Å²) in [6, 6.07) is 18.4. The van der Waals surface area contributed by atoms with Gasteiger partial charge in [0.15, 0.2) is 11.5 Å². The molecule has 1 aliphatic carbocycles. The number of thiazole rings is 1. The van der Waals surface area contributed by atoms with Crippen LogP contribution in [0.2, 0.25) is 0 Å². The lowest BCUT2D eigenvalue weighted by Crippen LogP contribution is -2.24. The Balaban J connectivity index is 1.46. The Morgan fingerprint density at radius 3 is 2.56 bits per heavy atom. The molecule has 0 unspecified atom stereocenters. The summed E-state index contributed by atoms with van der Waals surface area (Å²) in [7, 11) is 1.60. The number of benzene rings is 3. The van der Waals surface area contributed by atoms with Crippen molar-refractivity contribution in [3.8, 4) is 32.5 Å². The standard InChI is InChI=1S/C28H24F2N2O3S/c1-34-23-12-10-19(13-24(23)35-16-17-7-8-17)28-32-25(26(36-28)18-5-3-2-4-6-18)27(33)31-15-20-9-11-21(29)14-22(20)30/h2-6,9-14,17H,7-8,15-16H2,1H3,(H,31,33). The number of carbonyl (C=O) groups is 1. The van der Waals surface area contributed by atoms with Gasteiger partial charge in [-0.2, -0.15) is 0 Å².